The molecule has 0 aliphatic carbocycles. The van der Waals surface area contributed by atoms with Gasteiger partial charge < -0.3 is 39.0 Å². The summed E-state index contributed by atoms with van der Waals surface area (Å²) in [5, 5.41) is 31.4. The van der Waals surface area contributed by atoms with Crippen LogP contribution in [0, 0.1) is 0 Å². The van der Waals surface area contributed by atoms with Crippen molar-refractivity contribution >= 4 is 23.9 Å². The van der Waals surface area contributed by atoms with Gasteiger partial charge in [0.25, 0.3) is 0 Å². The fraction of sp³-hybridized carbons (Fsp3) is 0.864. The summed E-state index contributed by atoms with van der Waals surface area (Å²) in [5.74, 6) is -3.12. The van der Waals surface area contributed by atoms with Crippen LogP contribution in [0.2, 0.25) is 0 Å². The molecule has 12 heteroatoms. The maximum absolute atomic E-state index is 13.1. The smallest absolute Gasteiger partial charge is 0.335 e. The average molecular weight is 1010 g/mol. The van der Waals surface area contributed by atoms with Crippen molar-refractivity contribution in [3.05, 3.63) is 24.3 Å². The van der Waals surface area contributed by atoms with Crippen molar-refractivity contribution in [1.29, 1.82) is 0 Å². The number of allylic oxidation sites excluding steroid dienone is 4. The van der Waals surface area contributed by atoms with E-state index in [-0.39, 0.29) is 25.9 Å². The molecule has 1 fully saturated rings. The van der Waals surface area contributed by atoms with Crippen molar-refractivity contribution in [2.45, 2.75) is 314 Å². The zero-order valence-corrected chi connectivity index (χ0v) is 45.5. The summed E-state index contributed by atoms with van der Waals surface area (Å²) in [6.45, 7) is 5.97. The van der Waals surface area contributed by atoms with Gasteiger partial charge in [-0.15, -0.1) is 0 Å². The van der Waals surface area contributed by atoms with E-state index in [1.807, 2.05) is 0 Å². The number of hydrogen-bond acceptors (Lipinski definition) is 11. The van der Waals surface area contributed by atoms with Crippen LogP contribution in [-0.2, 0) is 42.9 Å². The van der Waals surface area contributed by atoms with Crippen LogP contribution in [0.4, 0.5) is 0 Å². The summed E-state index contributed by atoms with van der Waals surface area (Å²) in [6.07, 6.45) is 41.5. The lowest BCUT2D eigenvalue weighted by Crippen LogP contribution is -2.61. The predicted molar refractivity (Wildman–Crippen MR) is 285 cm³/mol. The van der Waals surface area contributed by atoms with Crippen molar-refractivity contribution in [3.8, 4) is 0 Å². The lowest BCUT2D eigenvalue weighted by molar-refractivity contribution is -0.301. The van der Waals surface area contributed by atoms with Crippen molar-refractivity contribution in [1.82, 2.24) is 0 Å². The first-order valence-electron chi connectivity index (χ1n) is 29.3. The van der Waals surface area contributed by atoms with Gasteiger partial charge in [-0.1, -0.05) is 212 Å². The maximum Gasteiger partial charge on any atom is 0.335 e. The van der Waals surface area contributed by atoms with Crippen molar-refractivity contribution in [2.75, 3.05) is 13.2 Å². The molecule has 0 radical (unpaired) electrons. The molecule has 0 aromatic rings. The molecule has 1 rings (SSSR count). The third-order valence-corrected chi connectivity index (χ3v) is 13.5. The van der Waals surface area contributed by atoms with Crippen LogP contribution in [-0.4, -0.2) is 89.2 Å². The Morgan fingerprint density at radius 2 is 0.803 bits per heavy atom. The number of carboxylic acids is 1. The van der Waals surface area contributed by atoms with Gasteiger partial charge in [-0.2, -0.15) is 0 Å². The Bertz CT molecular complexity index is 1340. The number of ether oxygens (including phenoxy) is 5. The standard InChI is InChI=1S/C59H106O12/c1-4-7-10-13-16-19-22-24-26-28-31-33-36-39-42-45-51(60)67-48-50(69-52(61)46-43-40-37-35-32-29-27-25-23-20-17-14-11-8-5-2)49-68-59-57(55(64)54(63)56(71-59)58(65)66)70-53(62)47-44-41-38-34-30-21-18-15-12-9-6-3/h24-27,50,54-57,59,63-64H,4-23,28-49H2,1-3H3,(H,65,66)/b26-24-,27-25-. The van der Waals surface area contributed by atoms with E-state index in [2.05, 4.69) is 45.1 Å². The number of unbranched alkanes of at least 4 members (excludes halogenated alkanes) is 32. The highest BCUT2D eigenvalue weighted by atomic mass is 16.7. The van der Waals surface area contributed by atoms with E-state index < -0.39 is 67.3 Å². The molecule has 6 unspecified atom stereocenters. The fourth-order valence-corrected chi connectivity index (χ4v) is 8.95. The van der Waals surface area contributed by atoms with Crippen LogP contribution in [0.25, 0.3) is 0 Å². The maximum atomic E-state index is 13.1. The number of esters is 3. The molecule has 0 amide bonds. The molecule has 71 heavy (non-hydrogen) atoms. The van der Waals surface area contributed by atoms with E-state index in [1.54, 1.807) is 0 Å². The first kappa shape index (κ1) is 66.2. The second kappa shape index (κ2) is 48.2. The van der Waals surface area contributed by atoms with E-state index in [4.69, 9.17) is 23.7 Å². The van der Waals surface area contributed by atoms with Crippen molar-refractivity contribution < 1.29 is 58.2 Å². The highest BCUT2D eigenvalue weighted by Crippen LogP contribution is 2.26. The van der Waals surface area contributed by atoms with Gasteiger partial charge in [0.2, 0.25) is 0 Å². The van der Waals surface area contributed by atoms with Gasteiger partial charge in [-0.05, 0) is 70.6 Å². The third kappa shape index (κ3) is 38.4. The van der Waals surface area contributed by atoms with Gasteiger partial charge >= 0.3 is 23.9 Å². The summed E-state index contributed by atoms with van der Waals surface area (Å²) >= 11 is 0. The molecule has 414 valence electrons. The van der Waals surface area contributed by atoms with Crippen LogP contribution in [0.5, 0.6) is 0 Å². The fourth-order valence-electron chi connectivity index (χ4n) is 8.95. The number of aliphatic hydroxyl groups excluding tert-OH is 2. The number of hydrogen-bond donors (Lipinski definition) is 3. The third-order valence-electron chi connectivity index (χ3n) is 13.5. The minimum Gasteiger partial charge on any atom is -0.479 e. The zero-order valence-electron chi connectivity index (χ0n) is 45.5. The summed E-state index contributed by atoms with van der Waals surface area (Å²) in [7, 11) is 0. The number of rotatable bonds is 50. The van der Waals surface area contributed by atoms with Gasteiger partial charge in [0.15, 0.2) is 24.6 Å². The molecule has 1 heterocycles. The molecule has 1 saturated heterocycles. The van der Waals surface area contributed by atoms with Crippen LogP contribution in [0.15, 0.2) is 24.3 Å². The summed E-state index contributed by atoms with van der Waals surface area (Å²) < 4.78 is 28.4. The van der Waals surface area contributed by atoms with E-state index in [9.17, 15) is 34.5 Å². The highest BCUT2D eigenvalue weighted by molar-refractivity contribution is 5.74. The Balaban J connectivity index is 2.70. The molecule has 3 N–H and O–H groups in total. The number of carbonyl (C=O) groups is 4. The zero-order chi connectivity index (χ0) is 51.8. The van der Waals surface area contributed by atoms with E-state index in [0.29, 0.717) is 19.3 Å². The van der Waals surface area contributed by atoms with Gasteiger partial charge in [-0.3, -0.25) is 14.4 Å². The van der Waals surface area contributed by atoms with Crippen molar-refractivity contribution in [3.63, 3.8) is 0 Å². The molecular weight excluding hydrogens is 901 g/mol. The van der Waals surface area contributed by atoms with Crippen molar-refractivity contribution in [2.24, 2.45) is 0 Å². The molecule has 1 aliphatic rings. The van der Waals surface area contributed by atoms with Gasteiger partial charge in [-0.25, -0.2) is 4.79 Å². The van der Waals surface area contributed by atoms with Gasteiger partial charge in [0.1, 0.15) is 18.8 Å². The Morgan fingerprint density at radius 3 is 1.20 bits per heavy atom. The molecule has 12 nitrogen and oxygen atoms in total. The van der Waals surface area contributed by atoms with E-state index in [1.165, 1.54) is 116 Å². The predicted octanol–water partition coefficient (Wildman–Crippen LogP) is 14.7. The SMILES string of the molecule is CCCCCCCC/C=C\CCCCCCCC(=O)OCC(COC1OC(C(=O)O)C(O)C(O)C1OC(=O)CCCCCCCCCCCCC)OC(=O)CCCCCCC/C=C\CCCCCCCC. The molecule has 1 aliphatic heterocycles. The monoisotopic (exact) mass is 1010 g/mol. The molecule has 0 bridgehead atoms. The summed E-state index contributed by atoms with van der Waals surface area (Å²) in [4.78, 5) is 51.0. The molecule has 0 aromatic heterocycles. The minimum absolute atomic E-state index is 0.0641. The van der Waals surface area contributed by atoms with Crippen LogP contribution < -0.4 is 0 Å². The van der Waals surface area contributed by atoms with Crippen LogP contribution in [0.1, 0.15) is 278 Å². The molecule has 6 atom stereocenters. The van der Waals surface area contributed by atoms with E-state index in [0.717, 1.165) is 103 Å². The topological polar surface area (TPSA) is 175 Å². The normalized spacial score (nSPS) is 18.6. The second-order valence-corrected chi connectivity index (χ2v) is 20.3. The Morgan fingerprint density at radius 1 is 0.451 bits per heavy atom. The van der Waals surface area contributed by atoms with Gasteiger partial charge in [0, 0.05) is 19.3 Å². The lowest BCUT2D eigenvalue weighted by Gasteiger charge is -2.40. The molecular formula is C59H106O12. The van der Waals surface area contributed by atoms with Gasteiger partial charge in [0.05, 0.1) is 6.61 Å². The van der Waals surface area contributed by atoms with Crippen LogP contribution >= 0.6 is 0 Å². The highest BCUT2D eigenvalue weighted by Gasteiger charge is 2.50. The summed E-state index contributed by atoms with van der Waals surface area (Å²) in [5.41, 5.74) is 0. The minimum atomic E-state index is -1.90. The lowest BCUT2D eigenvalue weighted by atomic mass is 9.98. The first-order valence-corrected chi connectivity index (χ1v) is 29.3. The van der Waals surface area contributed by atoms with E-state index >= 15 is 0 Å². The summed E-state index contributed by atoms with van der Waals surface area (Å²) in [6, 6.07) is 0. The van der Waals surface area contributed by atoms with Crippen LogP contribution in [0.3, 0.4) is 0 Å². The average Bonchev–Trinajstić information content (AvgIpc) is 3.35. The number of carboxylic acid groups (broad SMARTS) is 1. The first-order chi connectivity index (χ1) is 34.6. The largest absolute Gasteiger partial charge is 0.479 e. The number of aliphatic hydroxyl groups is 2. The molecule has 0 saturated carbocycles. The number of aliphatic carboxylic acids is 1. The second-order valence-electron chi connectivity index (χ2n) is 20.3. The molecule has 0 spiro atoms. The Labute approximate surface area is 432 Å². The molecule has 0 aromatic carbocycles. The number of carbonyl (C=O) groups excluding carboxylic acids is 3. The Kier molecular flexibility index (Phi) is 44.9. The Hall–Kier alpha value is -2.80. The quantitative estimate of drug-likeness (QED) is 0.0228.